The summed E-state index contributed by atoms with van der Waals surface area (Å²) in [7, 11) is -1.09. The molecule has 0 amide bonds. The second-order valence-corrected chi connectivity index (χ2v) is 12.5. The van der Waals surface area contributed by atoms with Crippen molar-refractivity contribution in [3.05, 3.63) is 119 Å². The largest absolute Gasteiger partial charge is 0.619 e. The molecule has 0 spiro atoms. The monoisotopic (exact) mass is 562 g/mol. The summed E-state index contributed by atoms with van der Waals surface area (Å²) in [5.41, 5.74) is 4.15. The lowest BCUT2D eigenvalue weighted by atomic mass is 10.00. The first-order valence-electron chi connectivity index (χ1n) is 12.0. The third kappa shape index (κ3) is 4.22. The van der Waals surface area contributed by atoms with Gasteiger partial charge in [-0.05, 0) is 41.5 Å². The Kier molecular flexibility index (Phi) is 6.09. The van der Waals surface area contributed by atoms with Crippen LogP contribution in [-0.4, -0.2) is 41.1 Å². The van der Waals surface area contributed by atoms with Gasteiger partial charge in [-0.2, -0.15) is 17.5 Å². The van der Waals surface area contributed by atoms with Crippen LogP contribution >= 0.6 is 11.8 Å². The smallest absolute Gasteiger partial charge is 0.307 e. The molecule has 0 fully saturated rings. The fourth-order valence-electron chi connectivity index (χ4n) is 4.88. The summed E-state index contributed by atoms with van der Waals surface area (Å²) >= 11 is 1.61. The number of halogens is 1. The van der Waals surface area contributed by atoms with Gasteiger partial charge in [0.25, 0.3) is 0 Å². The third-order valence-corrected chi connectivity index (χ3v) is 9.86. The van der Waals surface area contributed by atoms with Crippen LogP contribution in [-0.2, 0) is 16.0 Å². The van der Waals surface area contributed by atoms with Crippen molar-refractivity contribution in [2.24, 2.45) is 0 Å². The van der Waals surface area contributed by atoms with Crippen molar-refractivity contribution in [3.63, 3.8) is 0 Å². The van der Waals surface area contributed by atoms with E-state index >= 15 is 0 Å². The van der Waals surface area contributed by atoms with Crippen LogP contribution in [0, 0.1) is 11.0 Å². The van der Waals surface area contributed by atoms with Crippen molar-refractivity contribution in [1.82, 2.24) is 12.8 Å². The molecule has 6 rings (SSSR count). The van der Waals surface area contributed by atoms with Crippen molar-refractivity contribution in [2.75, 3.05) is 14.1 Å². The highest BCUT2D eigenvalue weighted by Crippen LogP contribution is 2.42. The van der Waals surface area contributed by atoms with Gasteiger partial charge in [0, 0.05) is 60.5 Å². The zero-order valence-corrected chi connectivity index (χ0v) is 22.6. The number of rotatable bonds is 6. The van der Waals surface area contributed by atoms with Crippen LogP contribution in [0.15, 0.2) is 85.5 Å². The van der Waals surface area contributed by atoms with Crippen LogP contribution in [0.3, 0.4) is 0 Å². The maximum absolute atomic E-state index is 13.9. The van der Waals surface area contributed by atoms with Gasteiger partial charge < -0.3 is 9.77 Å². The van der Waals surface area contributed by atoms with E-state index in [1.165, 1.54) is 44.8 Å². The molecule has 5 aromatic rings. The zero-order valence-electron chi connectivity index (χ0n) is 21.0. The molecule has 4 heterocycles. The molecule has 11 heteroatoms. The Morgan fingerprint density at radius 1 is 1.08 bits per heavy atom. The van der Waals surface area contributed by atoms with Crippen LogP contribution < -0.4 is 4.73 Å². The van der Waals surface area contributed by atoms with Crippen molar-refractivity contribution >= 4 is 38.7 Å². The minimum Gasteiger partial charge on any atom is -0.619 e. The molecule has 1 atom stereocenters. The Balaban J connectivity index is 1.47. The summed E-state index contributed by atoms with van der Waals surface area (Å²) in [5, 5.41) is 12.2. The molecular weight excluding hydrogens is 539 g/mol. The number of aromatic nitrogens is 3. The number of carbonyl (C=O) groups is 1. The standard InChI is InChI=1S/C28H23FN4O4S2/c1-30(2)39(36,37)33-16-24(22-10-7-19(14-25(22)33)18-5-8-21(29)9-6-18)27(34)23-11-13-32-26(23)17-38-28(32)20-4-3-12-31(35)15-20/h3-16,28H,17H2,1-2H3. The molecule has 1 aliphatic heterocycles. The molecule has 3 aromatic heterocycles. The Morgan fingerprint density at radius 2 is 1.82 bits per heavy atom. The molecule has 0 bridgehead atoms. The van der Waals surface area contributed by atoms with Crippen LogP contribution in [0.25, 0.3) is 22.0 Å². The van der Waals surface area contributed by atoms with Crippen molar-refractivity contribution < 1.29 is 22.3 Å². The Labute approximate surface area is 228 Å². The number of pyridine rings is 1. The number of hydrogen-bond acceptors (Lipinski definition) is 5. The van der Waals surface area contributed by atoms with E-state index in [1.54, 1.807) is 54.2 Å². The number of ketones is 1. The van der Waals surface area contributed by atoms with Gasteiger partial charge in [0.1, 0.15) is 11.2 Å². The van der Waals surface area contributed by atoms with Gasteiger partial charge in [-0.1, -0.05) is 24.3 Å². The van der Waals surface area contributed by atoms with E-state index < -0.39 is 10.2 Å². The van der Waals surface area contributed by atoms with Crippen LogP contribution in [0.1, 0.15) is 32.6 Å². The van der Waals surface area contributed by atoms with E-state index in [2.05, 4.69) is 0 Å². The van der Waals surface area contributed by atoms with E-state index in [-0.39, 0.29) is 22.5 Å². The molecule has 2 aromatic carbocycles. The van der Waals surface area contributed by atoms with Crippen molar-refractivity contribution in [3.8, 4) is 11.1 Å². The summed E-state index contributed by atoms with van der Waals surface area (Å²) in [6, 6.07) is 16.5. The molecule has 8 nitrogen and oxygen atoms in total. The highest BCUT2D eigenvalue weighted by molar-refractivity contribution is 7.99. The van der Waals surface area contributed by atoms with Gasteiger partial charge in [-0.15, -0.1) is 11.8 Å². The molecule has 0 saturated heterocycles. The molecule has 0 N–H and O–H groups in total. The minimum atomic E-state index is -3.95. The quantitative estimate of drug-likeness (QED) is 0.172. The lowest BCUT2D eigenvalue weighted by Crippen LogP contribution is -2.28. The number of thioether (sulfide) groups is 1. The predicted octanol–water partition coefficient (Wildman–Crippen LogP) is 4.56. The Morgan fingerprint density at radius 3 is 2.54 bits per heavy atom. The third-order valence-electron chi connectivity index (χ3n) is 6.89. The number of benzene rings is 2. The van der Waals surface area contributed by atoms with Gasteiger partial charge in [0.15, 0.2) is 18.2 Å². The predicted molar refractivity (Wildman–Crippen MR) is 148 cm³/mol. The molecule has 1 aliphatic rings. The van der Waals surface area contributed by atoms with E-state index in [0.717, 1.165) is 29.8 Å². The average molecular weight is 563 g/mol. The normalized spacial score (nSPS) is 15.2. The summed E-state index contributed by atoms with van der Waals surface area (Å²) in [4.78, 5) is 13.9. The number of hydrogen-bond donors (Lipinski definition) is 0. The number of carbonyl (C=O) groups excluding carboxylic acids is 1. The highest BCUT2D eigenvalue weighted by Gasteiger charge is 2.32. The van der Waals surface area contributed by atoms with Crippen LogP contribution in [0.2, 0.25) is 0 Å². The highest BCUT2D eigenvalue weighted by atomic mass is 32.2. The lowest BCUT2D eigenvalue weighted by Gasteiger charge is -2.13. The van der Waals surface area contributed by atoms with E-state index in [4.69, 9.17) is 0 Å². The molecular formula is C28H23FN4O4S2. The molecule has 39 heavy (non-hydrogen) atoms. The zero-order chi connectivity index (χ0) is 27.5. The summed E-state index contributed by atoms with van der Waals surface area (Å²) in [6.45, 7) is 0. The first-order valence-corrected chi connectivity index (χ1v) is 14.5. The Bertz CT molecular complexity index is 1860. The average Bonchev–Trinajstić information content (AvgIpc) is 3.62. The Hall–Kier alpha value is -3.93. The summed E-state index contributed by atoms with van der Waals surface area (Å²) in [5.74, 6) is -0.0917. The topological polar surface area (TPSA) is 91.2 Å². The molecule has 198 valence electrons. The minimum absolute atomic E-state index is 0.142. The van der Waals surface area contributed by atoms with Crippen molar-refractivity contribution in [1.29, 1.82) is 0 Å². The summed E-state index contributed by atoms with van der Waals surface area (Å²) < 4.78 is 45.0. The first kappa shape index (κ1) is 25.4. The van der Waals surface area contributed by atoms with Gasteiger partial charge in [-0.25, -0.2) is 8.36 Å². The number of fused-ring (bicyclic) bond motifs is 2. The van der Waals surface area contributed by atoms with Gasteiger partial charge in [-0.3, -0.25) is 4.79 Å². The van der Waals surface area contributed by atoms with E-state index in [1.807, 2.05) is 16.8 Å². The maximum Gasteiger partial charge on any atom is 0.307 e. The molecule has 0 aliphatic carbocycles. The van der Waals surface area contributed by atoms with Crippen molar-refractivity contribution in [2.45, 2.75) is 11.1 Å². The van der Waals surface area contributed by atoms with Gasteiger partial charge >= 0.3 is 10.2 Å². The molecule has 0 radical (unpaired) electrons. The van der Waals surface area contributed by atoms with E-state index in [9.17, 15) is 22.8 Å². The number of nitrogens with zero attached hydrogens (tertiary/aromatic N) is 4. The fraction of sp³-hybridized carbons (Fsp3) is 0.143. The van der Waals surface area contributed by atoms with E-state index in [0.29, 0.717) is 27.8 Å². The molecule has 0 saturated carbocycles. The SMILES string of the molecule is CN(C)S(=O)(=O)n1cc(C(=O)c2ccn3c2CSC3c2ccc[n+]([O-])c2)c2ccc(-c3ccc(F)cc3)cc21. The lowest BCUT2D eigenvalue weighted by molar-refractivity contribution is -0.605. The van der Waals surface area contributed by atoms with Gasteiger partial charge in [0.2, 0.25) is 0 Å². The van der Waals surface area contributed by atoms with Crippen LogP contribution in [0.5, 0.6) is 0 Å². The maximum atomic E-state index is 13.9. The molecule has 1 unspecified atom stereocenters. The van der Waals surface area contributed by atoms with Gasteiger partial charge in [0.05, 0.1) is 11.1 Å². The van der Waals surface area contributed by atoms with Crippen LogP contribution in [0.4, 0.5) is 4.39 Å². The second-order valence-electron chi connectivity index (χ2n) is 9.44. The fourth-order valence-corrected chi connectivity index (χ4v) is 7.19. The first-order chi connectivity index (χ1) is 18.6. The second kappa shape index (κ2) is 9.37. The summed E-state index contributed by atoms with van der Waals surface area (Å²) in [6.07, 6.45) is 6.15.